The second-order valence-electron chi connectivity index (χ2n) is 5.98. The molecule has 0 bridgehead atoms. The van der Waals surface area contributed by atoms with Crippen LogP contribution in [0, 0.1) is 0 Å². The standard InChI is InChI=1S/C15H26N4O2/c1-18(2)12-15(21-4)5-7-19(8-6-15)11-13-9-16-14(20-3)17-10-13/h9-10H,5-8,11-12H2,1-4H3. The summed E-state index contributed by atoms with van der Waals surface area (Å²) in [6, 6.07) is 0.418. The summed E-state index contributed by atoms with van der Waals surface area (Å²) in [5.74, 6) is 0. The average Bonchev–Trinajstić information content (AvgIpc) is 2.50. The molecule has 0 amide bonds. The summed E-state index contributed by atoms with van der Waals surface area (Å²) in [5, 5.41) is 0. The third kappa shape index (κ3) is 4.36. The molecule has 1 aliphatic heterocycles. The lowest BCUT2D eigenvalue weighted by atomic mass is 9.90. The van der Waals surface area contributed by atoms with Crippen molar-refractivity contribution in [1.82, 2.24) is 19.8 Å². The van der Waals surface area contributed by atoms with Crippen molar-refractivity contribution in [2.75, 3.05) is 47.9 Å². The van der Waals surface area contributed by atoms with Gasteiger partial charge < -0.3 is 14.4 Å². The zero-order valence-electron chi connectivity index (χ0n) is 13.5. The zero-order valence-corrected chi connectivity index (χ0v) is 13.5. The molecule has 0 aliphatic carbocycles. The quantitative estimate of drug-likeness (QED) is 0.781. The third-order valence-electron chi connectivity index (χ3n) is 4.08. The number of nitrogens with zero attached hydrogens (tertiary/aromatic N) is 4. The predicted octanol–water partition coefficient (Wildman–Crippen LogP) is 1.03. The lowest BCUT2D eigenvalue weighted by molar-refractivity contribution is -0.0712. The van der Waals surface area contributed by atoms with Crippen LogP contribution >= 0.6 is 0 Å². The molecule has 2 heterocycles. The van der Waals surface area contributed by atoms with Crippen LogP contribution in [-0.4, -0.2) is 73.3 Å². The molecular weight excluding hydrogens is 268 g/mol. The molecule has 6 nitrogen and oxygen atoms in total. The number of rotatable bonds is 6. The Labute approximate surface area is 127 Å². The Bertz CT molecular complexity index is 428. The van der Waals surface area contributed by atoms with Crippen LogP contribution in [0.4, 0.5) is 0 Å². The van der Waals surface area contributed by atoms with Crippen molar-refractivity contribution in [3.8, 4) is 6.01 Å². The minimum atomic E-state index is -0.00356. The van der Waals surface area contributed by atoms with Gasteiger partial charge in [0, 0.05) is 51.2 Å². The molecule has 0 spiro atoms. The number of likely N-dealkylation sites (N-methyl/N-ethyl adjacent to an activating group) is 1. The first kappa shape index (κ1) is 16.1. The van der Waals surface area contributed by atoms with Crippen LogP contribution < -0.4 is 4.74 Å². The molecule has 0 saturated carbocycles. The first-order valence-electron chi connectivity index (χ1n) is 7.34. The van der Waals surface area contributed by atoms with Crippen molar-refractivity contribution < 1.29 is 9.47 Å². The Balaban J connectivity index is 1.88. The molecule has 1 fully saturated rings. The predicted molar refractivity (Wildman–Crippen MR) is 81.4 cm³/mol. The number of aromatic nitrogens is 2. The van der Waals surface area contributed by atoms with Gasteiger partial charge in [0.15, 0.2) is 0 Å². The van der Waals surface area contributed by atoms with E-state index in [4.69, 9.17) is 9.47 Å². The van der Waals surface area contributed by atoms with Gasteiger partial charge in [0.05, 0.1) is 12.7 Å². The highest BCUT2D eigenvalue weighted by Crippen LogP contribution is 2.27. The summed E-state index contributed by atoms with van der Waals surface area (Å²) in [6.45, 7) is 3.93. The molecule has 118 valence electrons. The molecule has 1 aromatic rings. The van der Waals surface area contributed by atoms with Gasteiger partial charge >= 0.3 is 6.01 Å². The molecular formula is C15H26N4O2. The molecule has 6 heteroatoms. The van der Waals surface area contributed by atoms with E-state index >= 15 is 0 Å². The second-order valence-corrected chi connectivity index (χ2v) is 5.98. The summed E-state index contributed by atoms with van der Waals surface area (Å²) in [7, 11) is 7.61. The van der Waals surface area contributed by atoms with E-state index in [1.165, 1.54) is 0 Å². The van der Waals surface area contributed by atoms with Crippen molar-refractivity contribution in [3.63, 3.8) is 0 Å². The maximum Gasteiger partial charge on any atom is 0.316 e. The van der Waals surface area contributed by atoms with Crippen LogP contribution in [0.25, 0.3) is 0 Å². The topological polar surface area (TPSA) is 50.7 Å². The van der Waals surface area contributed by atoms with E-state index < -0.39 is 0 Å². The molecule has 1 saturated heterocycles. The molecule has 0 N–H and O–H groups in total. The maximum atomic E-state index is 5.81. The van der Waals surface area contributed by atoms with Crippen LogP contribution in [-0.2, 0) is 11.3 Å². The smallest absolute Gasteiger partial charge is 0.316 e. The van der Waals surface area contributed by atoms with Crippen LogP contribution in [0.3, 0.4) is 0 Å². The lowest BCUT2D eigenvalue weighted by Gasteiger charge is -2.42. The number of piperidine rings is 1. The van der Waals surface area contributed by atoms with Gasteiger partial charge in [-0.25, -0.2) is 9.97 Å². The van der Waals surface area contributed by atoms with E-state index in [0.29, 0.717) is 6.01 Å². The van der Waals surface area contributed by atoms with Gasteiger partial charge in [-0.2, -0.15) is 0 Å². The average molecular weight is 294 g/mol. The van der Waals surface area contributed by atoms with Crippen LogP contribution in [0.1, 0.15) is 18.4 Å². The molecule has 1 aromatic heterocycles. The van der Waals surface area contributed by atoms with Crippen molar-refractivity contribution in [2.45, 2.75) is 25.0 Å². The minimum Gasteiger partial charge on any atom is -0.467 e. The summed E-state index contributed by atoms with van der Waals surface area (Å²) >= 11 is 0. The summed E-state index contributed by atoms with van der Waals surface area (Å²) in [5.41, 5.74) is 1.12. The van der Waals surface area contributed by atoms with E-state index in [2.05, 4.69) is 33.9 Å². The number of hydrogen-bond acceptors (Lipinski definition) is 6. The highest BCUT2D eigenvalue weighted by molar-refractivity contribution is 5.07. The van der Waals surface area contributed by atoms with Crippen LogP contribution in [0.15, 0.2) is 12.4 Å². The Hall–Kier alpha value is -1.24. The fourth-order valence-corrected chi connectivity index (χ4v) is 2.91. The van der Waals surface area contributed by atoms with E-state index in [1.54, 1.807) is 7.11 Å². The molecule has 0 radical (unpaired) electrons. The summed E-state index contributed by atoms with van der Waals surface area (Å²) in [4.78, 5) is 12.9. The van der Waals surface area contributed by atoms with Crippen molar-refractivity contribution in [2.24, 2.45) is 0 Å². The molecule has 0 unspecified atom stereocenters. The van der Waals surface area contributed by atoms with Gasteiger partial charge in [0.1, 0.15) is 0 Å². The highest BCUT2D eigenvalue weighted by Gasteiger charge is 2.34. The molecule has 0 aromatic carbocycles. The van der Waals surface area contributed by atoms with E-state index in [9.17, 15) is 0 Å². The van der Waals surface area contributed by atoms with Gasteiger partial charge in [0.25, 0.3) is 0 Å². The SMILES string of the molecule is COc1ncc(CN2CCC(CN(C)C)(OC)CC2)cn1. The second kappa shape index (κ2) is 7.15. The van der Waals surface area contributed by atoms with Gasteiger partial charge in [-0.05, 0) is 26.9 Å². The molecule has 2 rings (SSSR count). The van der Waals surface area contributed by atoms with E-state index in [1.807, 2.05) is 19.5 Å². The highest BCUT2D eigenvalue weighted by atomic mass is 16.5. The van der Waals surface area contributed by atoms with Gasteiger partial charge in [0.2, 0.25) is 0 Å². The first-order valence-corrected chi connectivity index (χ1v) is 7.34. The molecule has 21 heavy (non-hydrogen) atoms. The largest absolute Gasteiger partial charge is 0.467 e. The molecule has 1 aliphatic rings. The summed E-state index contributed by atoms with van der Waals surface area (Å²) < 4.78 is 10.8. The summed E-state index contributed by atoms with van der Waals surface area (Å²) in [6.07, 6.45) is 5.78. The van der Waals surface area contributed by atoms with Crippen LogP contribution in [0.2, 0.25) is 0 Å². The Morgan fingerprint density at radius 1 is 1.19 bits per heavy atom. The van der Waals surface area contributed by atoms with E-state index in [-0.39, 0.29) is 5.60 Å². The van der Waals surface area contributed by atoms with Crippen molar-refractivity contribution in [1.29, 1.82) is 0 Å². The fourth-order valence-electron chi connectivity index (χ4n) is 2.91. The van der Waals surface area contributed by atoms with Gasteiger partial charge in [-0.15, -0.1) is 0 Å². The van der Waals surface area contributed by atoms with Crippen molar-refractivity contribution >= 4 is 0 Å². The number of hydrogen-bond donors (Lipinski definition) is 0. The van der Waals surface area contributed by atoms with Crippen molar-refractivity contribution in [3.05, 3.63) is 18.0 Å². The van der Waals surface area contributed by atoms with Gasteiger partial charge in [-0.3, -0.25) is 4.90 Å². The minimum absolute atomic E-state index is 0.00356. The lowest BCUT2D eigenvalue weighted by Crippen LogP contribution is -2.50. The number of methoxy groups -OCH3 is 2. The van der Waals surface area contributed by atoms with E-state index in [0.717, 1.165) is 44.6 Å². The fraction of sp³-hybridized carbons (Fsp3) is 0.733. The zero-order chi connectivity index (χ0) is 15.3. The normalized spacial score (nSPS) is 18.9. The number of ether oxygens (including phenoxy) is 2. The Kier molecular flexibility index (Phi) is 5.50. The molecule has 0 atom stereocenters. The number of likely N-dealkylation sites (tertiary alicyclic amines) is 1. The Morgan fingerprint density at radius 3 is 2.29 bits per heavy atom. The first-order chi connectivity index (χ1) is 10.1. The van der Waals surface area contributed by atoms with Crippen LogP contribution in [0.5, 0.6) is 6.01 Å². The third-order valence-corrected chi connectivity index (χ3v) is 4.08. The maximum absolute atomic E-state index is 5.81. The monoisotopic (exact) mass is 294 g/mol. The van der Waals surface area contributed by atoms with Gasteiger partial charge in [-0.1, -0.05) is 0 Å². The Morgan fingerprint density at radius 2 is 1.81 bits per heavy atom.